The molecule has 1 atom stereocenters. The Kier molecular flexibility index (Phi) is 4.87. The van der Waals surface area contributed by atoms with E-state index in [1.165, 1.54) is 6.42 Å². The summed E-state index contributed by atoms with van der Waals surface area (Å²) in [5, 5.41) is 0. The highest BCUT2D eigenvalue weighted by molar-refractivity contribution is 7.87. The van der Waals surface area contributed by atoms with Gasteiger partial charge in [-0.05, 0) is 37.5 Å². The second-order valence-electron chi connectivity index (χ2n) is 6.03. The molecular formula is C13H27N3O2S. The highest BCUT2D eigenvalue weighted by Gasteiger charge is 2.38. The van der Waals surface area contributed by atoms with Gasteiger partial charge in [-0.2, -0.15) is 12.7 Å². The third kappa shape index (κ3) is 3.29. The van der Waals surface area contributed by atoms with Crippen LogP contribution >= 0.6 is 0 Å². The van der Waals surface area contributed by atoms with Crippen LogP contribution in [0.15, 0.2) is 0 Å². The van der Waals surface area contributed by atoms with Crippen LogP contribution in [0.3, 0.4) is 0 Å². The van der Waals surface area contributed by atoms with Crippen LogP contribution in [0.1, 0.15) is 51.9 Å². The van der Waals surface area contributed by atoms with E-state index < -0.39 is 10.2 Å². The molecule has 0 radical (unpaired) electrons. The zero-order chi connectivity index (χ0) is 13.9. The second kappa shape index (κ2) is 6.08. The Morgan fingerprint density at radius 3 is 2.58 bits per heavy atom. The zero-order valence-corrected chi connectivity index (χ0v) is 12.7. The summed E-state index contributed by atoms with van der Waals surface area (Å²) in [6.07, 6.45) is 7.47. The molecule has 1 saturated carbocycles. The number of nitrogens with zero attached hydrogens (tertiary/aromatic N) is 1. The summed E-state index contributed by atoms with van der Waals surface area (Å²) >= 11 is 0. The lowest BCUT2D eigenvalue weighted by molar-refractivity contribution is 0.131. The number of rotatable bonds is 6. The van der Waals surface area contributed by atoms with Gasteiger partial charge < -0.3 is 5.73 Å². The Morgan fingerprint density at radius 1 is 1.32 bits per heavy atom. The van der Waals surface area contributed by atoms with Gasteiger partial charge in [0.15, 0.2) is 0 Å². The summed E-state index contributed by atoms with van der Waals surface area (Å²) in [5.74, 6) is 0. The molecule has 2 aliphatic rings. The van der Waals surface area contributed by atoms with Crippen molar-refractivity contribution < 1.29 is 8.42 Å². The molecule has 0 spiro atoms. The minimum atomic E-state index is -3.36. The third-order valence-electron chi connectivity index (χ3n) is 4.95. The molecule has 0 amide bonds. The fourth-order valence-corrected chi connectivity index (χ4v) is 4.79. The largest absolute Gasteiger partial charge is 0.329 e. The first-order valence-corrected chi connectivity index (χ1v) is 8.93. The van der Waals surface area contributed by atoms with Crippen LogP contribution in [0.4, 0.5) is 0 Å². The first-order valence-electron chi connectivity index (χ1n) is 7.49. The van der Waals surface area contributed by atoms with Gasteiger partial charge in [-0.15, -0.1) is 0 Å². The Hall–Kier alpha value is -0.170. The maximum atomic E-state index is 12.4. The first kappa shape index (κ1) is 15.2. The lowest BCUT2D eigenvalue weighted by atomic mass is 9.67. The molecule has 0 bridgehead atoms. The van der Waals surface area contributed by atoms with Crippen LogP contribution in [0.25, 0.3) is 0 Å². The van der Waals surface area contributed by atoms with Crippen LogP contribution in [0, 0.1) is 5.41 Å². The van der Waals surface area contributed by atoms with Crippen LogP contribution in [-0.2, 0) is 10.2 Å². The van der Waals surface area contributed by atoms with Gasteiger partial charge in [-0.1, -0.05) is 19.8 Å². The van der Waals surface area contributed by atoms with E-state index in [4.69, 9.17) is 5.73 Å². The van der Waals surface area contributed by atoms with Crippen LogP contribution < -0.4 is 10.5 Å². The zero-order valence-electron chi connectivity index (χ0n) is 11.9. The van der Waals surface area contributed by atoms with E-state index in [9.17, 15) is 8.42 Å². The summed E-state index contributed by atoms with van der Waals surface area (Å²) in [5.41, 5.74) is 5.91. The number of nitrogens with one attached hydrogen (secondary N) is 1. The molecule has 1 saturated heterocycles. The predicted molar refractivity (Wildman–Crippen MR) is 76.9 cm³/mol. The van der Waals surface area contributed by atoms with E-state index in [0.717, 1.165) is 38.5 Å². The molecule has 5 nitrogen and oxygen atoms in total. The van der Waals surface area contributed by atoms with Crippen molar-refractivity contribution in [1.82, 2.24) is 9.03 Å². The fourth-order valence-electron chi connectivity index (χ4n) is 3.19. The summed E-state index contributed by atoms with van der Waals surface area (Å²) in [7, 11) is -3.36. The second-order valence-corrected chi connectivity index (χ2v) is 7.74. The van der Waals surface area contributed by atoms with Gasteiger partial charge >= 0.3 is 0 Å². The number of hydrogen-bond donors (Lipinski definition) is 2. The van der Waals surface area contributed by atoms with Crippen molar-refractivity contribution in [3.8, 4) is 0 Å². The first-order chi connectivity index (χ1) is 9.03. The molecule has 0 aromatic rings. The van der Waals surface area contributed by atoms with Crippen molar-refractivity contribution >= 4 is 10.2 Å². The number of piperidine rings is 1. The average molecular weight is 289 g/mol. The SMILES string of the molecule is CCC1(CNS(=O)(=O)N2CCCCC2CN)CCC1. The summed E-state index contributed by atoms with van der Waals surface area (Å²) in [6.45, 7) is 3.76. The summed E-state index contributed by atoms with van der Waals surface area (Å²) in [6, 6.07) is -0.0229. The third-order valence-corrected chi connectivity index (χ3v) is 6.56. The molecule has 0 aromatic heterocycles. The van der Waals surface area contributed by atoms with Crippen molar-refractivity contribution in [2.75, 3.05) is 19.6 Å². The molecule has 1 heterocycles. The van der Waals surface area contributed by atoms with Gasteiger partial charge in [-0.25, -0.2) is 4.72 Å². The van der Waals surface area contributed by atoms with Crippen LogP contribution in [0.2, 0.25) is 0 Å². The maximum Gasteiger partial charge on any atom is 0.279 e. The van der Waals surface area contributed by atoms with Crippen molar-refractivity contribution in [2.24, 2.45) is 11.1 Å². The summed E-state index contributed by atoms with van der Waals surface area (Å²) < 4.78 is 29.2. The molecule has 1 aliphatic carbocycles. The van der Waals surface area contributed by atoms with Crippen molar-refractivity contribution in [3.63, 3.8) is 0 Å². The Balaban J connectivity index is 1.97. The van der Waals surface area contributed by atoms with E-state index in [-0.39, 0.29) is 11.5 Å². The fraction of sp³-hybridized carbons (Fsp3) is 1.00. The molecule has 6 heteroatoms. The van der Waals surface area contributed by atoms with Crippen molar-refractivity contribution in [3.05, 3.63) is 0 Å². The van der Waals surface area contributed by atoms with E-state index in [1.807, 2.05) is 0 Å². The van der Waals surface area contributed by atoms with E-state index >= 15 is 0 Å². The summed E-state index contributed by atoms with van der Waals surface area (Å²) in [4.78, 5) is 0. The normalized spacial score (nSPS) is 28.0. The standard InChI is InChI=1S/C13H27N3O2S/c1-2-13(7-5-8-13)11-15-19(17,18)16-9-4-3-6-12(16)10-14/h12,15H,2-11,14H2,1H3. The van der Waals surface area contributed by atoms with Gasteiger partial charge in [-0.3, -0.25) is 0 Å². The van der Waals surface area contributed by atoms with Crippen molar-refractivity contribution in [1.29, 1.82) is 0 Å². The van der Waals surface area contributed by atoms with E-state index in [2.05, 4.69) is 11.6 Å². The number of hydrogen-bond acceptors (Lipinski definition) is 3. The Labute approximate surface area is 117 Å². The quantitative estimate of drug-likeness (QED) is 0.772. The van der Waals surface area contributed by atoms with E-state index in [0.29, 0.717) is 19.6 Å². The minimum Gasteiger partial charge on any atom is -0.329 e. The monoisotopic (exact) mass is 289 g/mol. The highest BCUT2D eigenvalue weighted by Crippen LogP contribution is 2.43. The minimum absolute atomic E-state index is 0.0229. The highest BCUT2D eigenvalue weighted by atomic mass is 32.2. The Morgan fingerprint density at radius 2 is 2.05 bits per heavy atom. The van der Waals surface area contributed by atoms with Crippen LogP contribution in [-0.4, -0.2) is 38.4 Å². The topological polar surface area (TPSA) is 75.4 Å². The van der Waals surface area contributed by atoms with Gasteiger partial charge in [0.05, 0.1) is 0 Å². The molecule has 0 aromatic carbocycles. The van der Waals surface area contributed by atoms with Gasteiger partial charge in [0, 0.05) is 25.7 Å². The van der Waals surface area contributed by atoms with Gasteiger partial charge in [0.1, 0.15) is 0 Å². The maximum absolute atomic E-state index is 12.4. The average Bonchev–Trinajstić information content (AvgIpc) is 2.38. The molecule has 2 fully saturated rings. The smallest absolute Gasteiger partial charge is 0.279 e. The van der Waals surface area contributed by atoms with Gasteiger partial charge in [0.25, 0.3) is 10.2 Å². The molecule has 3 N–H and O–H groups in total. The van der Waals surface area contributed by atoms with Crippen molar-refractivity contribution in [2.45, 2.75) is 57.9 Å². The van der Waals surface area contributed by atoms with Gasteiger partial charge in [0.2, 0.25) is 0 Å². The molecule has 112 valence electrons. The lowest BCUT2D eigenvalue weighted by Crippen LogP contribution is -2.53. The molecule has 1 aliphatic heterocycles. The molecule has 19 heavy (non-hydrogen) atoms. The molecule has 2 rings (SSSR count). The molecule has 1 unspecified atom stereocenters. The predicted octanol–water partition coefficient (Wildman–Crippen LogP) is 1.21. The van der Waals surface area contributed by atoms with Crippen LogP contribution in [0.5, 0.6) is 0 Å². The van der Waals surface area contributed by atoms with E-state index in [1.54, 1.807) is 4.31 Å². The number of nitrogens with two attached hydrogens (primary N) is 1. The Bertz CT molecular complexity index is 387. The lowest BCUT2D eigenvalue weighted by Gasteiger charge is -2.42. The molecular weight excluding hydrogens is 262 g/mol.